The second-order valence-electron chi connectivity index (χ2n) is 10.8. The zero-order chi connectivity index (χ0) is 26.7. The number of carbonyl (C=O) groups excluding carboxylic acids is 4. The highest BCUT2D eigenvalue weighted by molar-refractivity contribution is 5.92. The quantitative estimate of drug-likeness (QED) is 0.258. The van der Waals surface area contributed by atoms with Crippen molar-refractivity contribution < 1.29 is 23.9 Å². The number of nitrogens with zero attached hydrogens (tertiary/aromatic N) is 2. The molecule has 208 valence electrons. The van der Waals surface area contributed by atoms with Crippen molar-refractivity contribution in [1.82, 2.24) is 15.1 Å². The average molecular weight is 518 g/mol. The van der Waals surface area contributed by atoms with Gasteiger partial charge >= 0.3 is 5.97 Å². The number of allylic oxidation sites excluding steroid dienone is 1. The second-order valence-corrected chi connectivity index (χ2v) is 10.8. The number of hydrogen-bond acceptors (Lipinski definition) is 5. The Balaban J connectivity index is 1.64. The summed E-state index contributed by atoms with van der Waals surface area (Å²) in [5, 5.41) is 2.94. The molecule has 3 aliphatic rings. The van der Waals surface area contributed by atoms with E-state index in [1.807, 2.05) is 16.7 Å². The van der Waals surface area contributed by atoms with E-state index in [0.29, 0.717) is 51.9 Å². The fourth-order valence-electron chi connectivity index (χ4n) is 6.12. The third kappa shape index (κ3) is 7.57. The van der Waals surface area contributed by atoms with Crippen LogP contribution in [0.5, 0.6) is 0 Å². The van der Waals surface area contributed by atoms with E-state index in [0.717, 1.165) is 50.8 Å². The second kappa shape index (κ2) is 14.5. The van der Waals surface area contributed by atoms with Crippen LogP contribution in [0.2, 0.25) is 0 Å². The Kier molecular flexibility index (Phi) is 11.5. The first-order valence-corrected chi connectivity index (χ1v) is 14.7. The normalized spacial score (nSPS) is 23.6. The minimum atomic E-state index is -0.842. The van der Waals surface area contributed by atoms with Crippen LogP contribution < -0.4 is 5.32 Å². The van der Waals surface area contributed by atoms with Crippen molar-refractivity contribution in [2.45, 2.75) is 104 Å². The highest BCUT2D eigenvalue weighted by Gasteiger charge is 2.54. The highest BCUT2D eigenvalue weighted by atomic mass is 16.5. The molecule has 2 aliphatic heterocycles. The van der Waals surface area contributed by atoms with Crippen molar-refractivity contribution in [3.05, 3.63) is 11.8 Å². The fraction of sp³-hybridized carbons (Fsp3) is 0.793. The van der Waals surface area contributed by atoms with E-state index in [4.69, 9.17) is 4.74 Å². The van der Waals surface area contributed by atoms with Crippen molar-refractivity contribution in [2.75, 3.05) is 32.8 Å². The lowest BCUT2D eigenvalue weighted by Crippen LogP contribution is -2.54. The van der Waals surface area contributed by atoms with Gasteiger partial charge in [0.05, 0.1) is 6.61 Å². The molecule has 0 aromatic carbocycles. The van der Waals surface area contributed by atoms with E-state index in [9.17, 15) is 19.2 Å². The smallest absolute Gasteiger partial charge is 0.318 e. The number of hydrogen-bond donors (Lipinski definition) is 1. The number of amides is 3. The first-order chi connectivity index (χ1) is 17.9. The molecule has 1 N–H and O–H groups in total. The summed E-state index contributed by atoms with van der Waals surface area (Å²) in [6.07, 6.45) is 13.8. The van der Waals surface area contributed by atoms with Gasteiger partial charge in [-0.3, -0.25) is 19.2 Å². The van der Waals surface area contributed by atoms with Gasteiger partial charge in [-0.2, -0.15) is 0 Å². The summed E-state index contributed by atoms with van der Waals surface area (Å²) in [7, 11) is 0. The van der Waals surface area contributed by atoms with Crippen LogP contribution >= 0.6 is 0 Å². The Morgan fingerprint density at radius 2 is 1.84 bits per heavy atom. The zero-order valence-corrected chi connectivity index (χ0v) is 23.0. The van der Waals surface area contributed by atoms with Crippen molar-refractivity contribution in [3.63, 3.8) is 0 Å². The lowest BCUT2D eigenvalue weighted by molar-refractivity contribution is -0.162. The number of rotatable bonds is 15. The maximum atomic E-state index is 13.7. The van der Waals surface area contributed by atoms with Gasteiger partial charge in [0.2, 0.25) is 17.7 Å². The predicted molar refractivity (Wildman–Crippen MR) is 142 cm³/mol. The number of likely N-dealkylation sites (tertiary alicyclic amines) is 2. The van der Waals surface area contributed by atoms with E-state index in [-0.39, 0.29) is 30.1 Å². The summed E-state index contributed by atoms with van der Waals surface area (Å²) < 4.78 is 5.53. The minimum absolute atomic E-state index is 0.0422. The summed E-state index contributed by atoms with van der Waals surface area (Å²) in [5.74, 6) is -0.834. The number of unbranched alkanes of at least 4 members (excludes halogenated alkanes) is 5. The van der Waals surface area contributed by atoms with Crippen molar-refractivity contribution in [1.29, 1.82) is 0 Å². The molecule has 0 saturated carbocycles. The molecular weight excluding hydrogens is 470 g/mol. The highest BCUT2D eigenvalue weighted by Crippen LogP contribution is 2.50. The number of carbonyl (C=O) groups is 4. The summed E-state index contributed by atoms with van der Waals surface area (Å²) in [5.41, 5.74) is -0.0338. The lowest BCUT2D eigenvalue weighted by atomic mass is 9.66. The molecule has 8 nitrogen and oxygen atoms in total. The van der Waals surface area contributed by atoms with Crippen LogP contribution in [0.1, 0.15) is 104 Å². The predicted octanol–water partition coefficient (Wildman–Crippen LogP) is 4.33. The topological polar surface area (TPSA) is 96.0 Å². The Morgan fingerprint density at radius 1 is 1.05 bits per heavy atom. The van der Waals surface area contributed by atoms with Crippen LogP contribution in [0.4, 0.5) is 0 Å². The molecule has 2 saturated heterocycles. The molecule has 0 unspecified atom stereocenters. The summed E-state index contributed by atoms with van der Waals surface area (Å²) in [6.45, 7) is 6.80. The van der Waals surface area contributed by atoms with Crippen LogP contribution in [0, 0.1) is 11.3 Å². The largest absolute Gasteiger partial charge is 0.465 e. The van der Waals surface area contributed by atoms with E-state index >= 15 is 0 Å². The third-order valence-corrected chi connectivity index (χ3v) is 8.07. The maximum absolute atomic E-state index is 13.7. The summed E-state index contributed by atoms with van der Waals surface area (Å²) in [6, 6.07) is 0. The number of nitrogens with one attached hydrogen (secondary N) is 1. The number of esters is 1. The molecule has 2 fully saturated rings. The third-order valence-electron chi connectivity index (χ3n) is 8.07. The van der Waals surface area contributed by atoms with Crippen LogP contribution in [-0.2, 0) is 23.9 Å². The molecule has 1 aliphatic carbocycles. The Bertz CT molecular complexity index is 841. The van der Waals surface area contributed by atoms with Gasteiger partial charge in [-0.15, -0.1) is 0 Å². The van der Waals surface area contributed by atoms with Crippen molar-refractivity contribution in [2.24, 2.45) is 11.3 Å². The number of ether oxygens (including phenoxy) is 1. The number of fused-ring (bicyclic) bond motifs is 1. The van der Waals surface area contributed by atoms with Gasteiger partial charge in [0, 0.05) is 50.6 Å². The molecule has 3 rings (SSSR count). The summed E-state index contributed by atoms with van der Waals surface area (Å²) >= 11 is 0. The molecular formula is C29H47N3O5. The van der Waals surface area contributed by atoms with Crippen molar-refractivity contribution >= 4 is 23.7 Å². The maximum Gasteiger partial charge on any atom is 0.318 e. The Labute approximate surface area is 222 Å². The van der Waals surface area contributed by atoms with Crippen LogP contribution in [0.25, 0.3) is 0 Å². The summed E-state index contributed by atoms with van der Waals surface area (Å²) in [4.78, 5) is 55.3. The molecule has 37 heavy (non-hydrogen) atoms. The molecule has 3 amide bonds. The van der Waals surface area contributed by atoms with Crippen LogP contribution in [0.15, 0.2) is 11.8 Å². The van der Waals surface area contributed by atoms with E-state index in [1.165, 1.54) is 19.3 Å². The Morgan fingerprint density at radius 3 is 2.57 bits per heavy atom. The first-order valence-electron chi connectivity index (χ1n) is 14.7. The lowest BCUT2D eigenvalue weighted by Gasteiger charge is -2.48. The standard InChI is InChI=1S/C29H47N3O5/c1-3-5-6-7-8-11-20-32-24-14-9-10-16-29(24,28(36)37-4-2)22-23(27(32)35)21-25(33)30-17-13-19-31-18-12-15-26(31)34/h14,23H,3-13,15-22H2,1-2H3,(H,30,33)/t23-,29+/m1/s1. The van der Waals surface area contributed by atoms with Gasteiger partial charge in [0.25, 0.3) is 0 Å². The molecule has 8 heteroatoms. The van der Waals surface area contributed by atoms with Gasteiger partial charge < -0.3 is 19.9 Å². The molecule has 0 spiro atoms. The molecule has 0 aromatic rings. The molecule has 2 atom stereocenters. The molecule has 2 heterocycles. The number of piperidine rings is 1. The first kappa shape index (κ1) is 29.2. The van der Waals surface area contributed by atoms with Gasteiger partial charge in [-0.05, 0) is 51.9 Å². The fourth-order valence-corrected chi connectivity index (χ4v) is 6.12. The zero-order valence-electron chi connectivity index (χ0n) is 23.0. The van der Waals surface area contributed by atoms with Crippen molar-refractivity contribution in [3.8, 4) is 0 Å². The van der Waals surface area contributed by atoms with Gasteiger partial charge in [0.15, 0.2) is 0 Å². The van der Waals surface area contributed by atoms with Gasteiger partial charge in [0.1, 0.15) is 5.41 Å². The minimum Gasteiger partial charge on any atom is -0.465 e. The van der Waals surface area contributed by atoms with Gasteiger partial charge in [-0.1, -0.05) is 45.1 Å². The molecule has 0 aromatic heterocycles. The van der Waals surface area contributed by atoms with E-state index in [1.54, 1.807) is 0 Å². The molecule has 0 bridgehead atoms. The monoisotopic (exact) mass is 517 g/mol. The van der Waals surface area contributed by atoms with Crippen LogP contribution in [0.3, 0.4) is 0 Å². The van der Waals surface area contributed by atoms with Crippen LogP contribution in [-0.4, -0.2) is 66.3 Å². The van der Waals surface area contributed by atoms with Gasteiger partial charge in [-0.25, -0.2) is 0 Å². The SMILES string of the molecule is CCCCCCCCN1C(=O)[C@H](CC(=O)NCCCN2CCCC2=O)C[C@@]2(C(=O)OCC)CCCC=C12. The van der Waals surface area contributed by atoms with E-state index < -0.39 is 11.3 Å². The molecule has 0 radical (unpaired) electrons. The van der Waals surface area contributed by atoms with E-state index in [2.05, 4.69) is 18.3 Å². The Hall–Kier alpha value is -2.38. The average Bonchev–Trinajstić information content (AvgIpc) is 3.30.